The fourth-order valence-corrected chi connectivity index (χ4v) is 2.89. The third-order valence-electron chi connectivity index (χ3n) is 4.01. The van der Waals surface area contributed by atoms with Crippen LogP contribution in [0.5, 0.6) is 0 Å². The summed E-state index contributed by atoms with van der Waals surface area (Å²) in [4.78, 5) is 15.0. The first-order valence-electron chi connectivity index (χ1n) is 8.18. The van der Waals surface area contributed by atoms with Gasteiger partial charge in [-0.1, -0.05) is 18.2 Å². The molecule has 0 fully saturated rings. The third-order valence-corrected chi connectivity index (χ3v) is 4.01. The van der Waals surface area contributed by atoms with Crippen molar-refractivity contribution in [3.05, 3.63) is 83.7 Å². The van der Waals surface area contributed by atoms with Crippen LogP contribution in [0.25, 0.3) is 11.1 Å². The molecule has 0 bridgehead atoms. The fourth-order valence-electron chi connectivity index (χ4n) is 2.89. The third kappa shape index (κ3) is 4.65. The highest BCUT2D eigenvalue weighted by Crippen LogP contribution is 2.28. The van der Waals surface area contributed by atoms with Crippen molar-refractivity contribution in [2.45, 2.75) is 12.5 Å². The van der Waals surface area contributed by atoms with Crippen LogP contribution < -0.4 is 11.1 Å². The predicted octanol–water partition coefficient (Wildman–Crippen LogP) is 4.36. The van der Waals surface area contributed by atoms with Crippen molar-refractivity contribution in [3.8, 4) is 11.1 Å². The maximum absolute atomic E-state index is 13.4. The molecular weight excluding hydrogens is 352 g/mol. The summed E-state index contributed by atoms with van der Waals surface area (Å²) in [6.45, 7) is 0. The second-order valence-electron chi connectivity index (χ2n) is 6.03. The van der Waals surface area contributed by atoms with Crippen molar-refractivity contribution in [1.82, 2.24) is 4.98 Å². The molecule has 1 aromatic heterocycles. The smallest absolute Gasteiger partial charge is 0.409 e. The van der Waals surface area contributed by atoms with E-state index in [2.05, 4.69) is 10.3 Å². The number of nitrogens with one attached hydrogen (secondary N) is 1. The highest BCUT2D eigenvalue weighted by molar-refractivity contribution is 5.83. The van der Waals surface area contributed by atoms with Crippen LogP contribution in [-0.4, -0.2) is 16.2 Å². The lowest BCUT2D eigenvalue weighted by Crippen LogP contribution is -2.16. The summed E-state index contributed by atoms with van der Waals surface area (Å²) in [5.41, 5.74) is 9.30. The largest absolute Gasteiger partial charge is 0.465 e. The van der Waals surface area contributed by atoms with E-state index in [1.165, 1.54) is 12.1 Å². The lowest BCUT2D eigenvalue weighted by atomic mass is 9.96. The number of anilines is 1. The topological polar surface area (TPSA) is 88.2 Å². The van der Waals surface area contributed by atoms with E-state index in [4.69, 9.17) is 10.8 Å². The van der Waals surface area contributed by atoms with Gasteiger partial charge in [-0.3, -0.25) is 10.3 Å². The van der Waals surface area contributed by atoms with E-state index in [9.17, 15) is 13.6 Å². The molecule has 1 heterocycles. The average molecular weight is 369 g/mol. The summed E-state index contributed by atoms with van der Waals surface area (Å²) in [6, 6.07) is 13.1. The van der Waals surface area contributed by atoms with Crippen molar-refractivity contribution in [1.29, 1.82) is 0 Å². The van der Waals surface area contributed by atoms with Gasteiger partial charge in [0.05, 0.1) is 11.7 Å². The predicted molar refractivity (Wildman–Crippen MR) is 98.3 cm³/mol. The second-order valence-corrected chi connectivity index (χ2v) is 6.03. The first kappa shape index (κ1) is 18.5. The van der Waals surface area contributed by atoms with Gasteiger partial charge in [-0.2, -0.15) is 0 Å². The van der Waals surface area contributed by atoms with Crippen LogP contribution in [0, 0.1) is 11.6 Å². The van der Waals surface area contributed by atoms with E-state index >= 15 is 0 Å². The lowest BCUT2D eigenvalue weighted by Gasteiger charge is -2.16. The van der Waals surface area contributed by atoms with Gasteiger partial charge in [-0.05, 0) is 47.9 Å². The molecule has 1 unspecified atom stereocenters. The van der Waals surface area contributed by atoms with Gasteiger partial charge in [0.15, 0.2) is 0 Å². The Bertz CT molecular complexity index is 941. The number of pyridine rings is 1. The zero-order valence-electron chi connectivity index (χ0n) is 14.2. The Balaban J connectivity index is 1.87. The number of aromatic nitrogens is 1. The molecule has 1 atom stereocenters. The van der Waals surface area contributed by atoms with Crippen LogP contribution in [0.3, 0.4) is 0 Å². The summed E-state index contributed by atoms with van der Waals surface area (Å²) in [7, 11) is 0. The van der Waals surface area contributed by atoms with E-state index < -0.39 is 23.8 Å². The molecule has 3 aromatic rings. The fraction of sp³-hybridized carbons (Fsp3) is 0.100. The molecule has 2 aromatic carbocycles. The van der Waals surface area contributed by atoms with Gasteiger partial charge < -0.3 is 10.8 Å². The zero-order valence-corrected chi connectivity index (χ0v) is 14.2. The Morgan fingerprint density at radius 3 is 2.41 bits per heavy atom. The molecule has 5 nitrogen and oxygen atoms in total. The van der Waals surface area contributed by atoms with Gasteiger partial charge in [0.2, 0.25) is 0 Å². The van der Waals surface area contributed by atoms with Crippen LogP contribution in [0.2, 0.25) is 0 Å². The van der Waals surface area contributed by atoms with Crippen molar-refractivity contribution in [3.63, 3.8) is 0 Å². The number of hydrogen-bond donors (Lipinski definition) is 3. The van der Waals surface area contributed by atoms with Crippen molar-refractivity contribution >= 4 is 11.8 Å². The van der Waals surface area contributed by atoms with E-state index in [1.807, 2.05) is 6.07 Å². The number of halogens is 2. The van der Waals surface area contributed by atoms with Gasteiger partial charge in [-0.15, -0.1) is 0 Å². The maximum Gasteiger partial charge on any atom is 0.409 e. The summed E-state index contributed by atoms with van der Waals surface area (Å²) >= 11 is 0. The van der Waals surface area contributed by atoms with Crippen molar-refractivity contribution in [2.24, 2.45) is 5.73 Å². The summed E-state index contributed by atoms with van der Waals surface area (Å²) in [6.07, 6.45) is 0.678. The van der Waals surface area contributed by atoms with Gasteiger partial charge in [-0.25, -0.2) is 13.6 Å². The summed E-state index contributed by atoms with van der Waals surface area (Å²) in [5, 5.41) is 11.0. The SMILES string of the molecule is NC(Cc1cc(F)cc(F)c1)c1ncccc1-c1ccc(NC(=O)O)cc1. The minimum Gasteiger partial charge on any atom is -0.465 e. The van der Waals surface area contributed by atoms with Gasteiger partial charge >= 0.3 is 6.09 Å². The van der Waals surface area contributed by atoms with Gasteiger partial charge in [0, 0.05) is 23.5 Å². The molecule has 4 N–H and O–H groups in total. The van der Waals surface area contributed by atoms with Gasteiger partial charge in [0.1, 0.15) is 11.6 Å². The highest BCUT2D eigenvalue weighted by Gasteiger charge is 2.15. The molecule has 1 amide bonds. The van der Waals surface area contributed by atoms with Crippen molar-refractivity contribution in [2.75, 3.05) is 5.32 Å². The molecule has 0 saturated carbocycles. The number of nitrogens with two attached hydrogens (primary N) is 1. The number of rotatable bonds is 5. The first-order chi connectivity index (χ1) is 12.9. The highest BCUT2D eigenvalue weighted by atomic mass is 19.1. The Labute approximate surface area is 154 Å². The van der Waals surface area contributed by atoms with E-state index in [-0.39, 0.29) is 6.42 Å². The second kappa shape index (κ2) is 7.92. The quantitative estimate of drug-likeness (QED) is 0.623. The van der Waals surface area contributed by atoms with Crippen molar-refractivity contribution < 1.29 is 18.7 Å². The minimum absolute atomic E-state index is 0.220. The first-order valence-corrected chi connectivity index (χ1v) is 8.18. The van der Waals surface area contributed by atoms with Crippen LogP contribution in [0.4, 0.5) is 19.3 Å². The number of carboxylic acid groups (broad SMARTS) is 1. The van der Waals surface area contributed by atoms with E-state index in [0.29, 0.717) is 16.9 Å². The molecule has 0 aliphatic rings. The number of hydrogen-bond acceptors (Lipinski definition) is 3. The normalized spacial score (nSPS) is 11.8. The molecule has 0 aliphatic carbocycles. The van der Waals surface area contributed by atoms with E-state index in [0.717, 1.165) is 17.2 Å². The number of carbonyl (C=O) groups is 1. The van der Waals surface area contributed by atoms with Crippen LogP contribution in [-0.2, 0) is 6.42 Å². The summed E-state index contributed by atoms with van der Waals surface area (Å²) < 4.78 is 26.8. The Kier molecular flexibility index (Phi) is 5.42. The monoisotopic (exact) mass is 369 g/mol. The molecule has 3 rings (SSSR count). The number of nitrogens with zero attached hydrogens (tertiary/aromatic N) is 1. The van der Waals surface area contributed by atoms with Gasteiger partial charge in [0.25, 0.3) is 0 Å². The summed E-state index contributed by atoms with van der Waals surface area (Å²) in [5.74, 6) is -1.31. The Morgan fingerprint density at radius 2 is 1.78 bits per heavy atom. The average Bonchev–Trinajstić information content (AvgIpc) is 2.61. The molecule has 0 radical (unpaired) electrons. The molecule has 0 saturated heterocycles. The molecule has 0 spiro atoms. The molecule has 138 valence electrons. The Morgan fingerprint density at radius 1 is 1.11 bits per heavy atom. The zero-order chi connectivity index (χ0) is 19.4. The number of benzene rings is 2. The molecule has 0 aliphatic heterocycles. The van der Waals surface area contributed by atoms with Crippen LogP contribution in [0.15, 0.2) is 60.8 Å². The Hall–Kier alpha value is -3.32. The van der Waals surface area contributed by atoms with E-state index in [1.54, 1.807) is 36.5 Å². The molecule has 27 heavy (non-hydrogen) atoms. The maximum atomic E-state index is 13.4. The lowest BCUT2D eigenvalue weighted by molar-refractivity contribution is 0.209. The number of amides is 1. The van der Waals surface area contributed by atoms with Crippen LogP contribution in [0.1, 0.15) is 17.3 Å². The van der Waals surface area contributed by atoms with Crippen LogP contribution >= 0.6 is 0 Å². The molecular formula is C20H17F2N3O2. The molecule has 7 heteroatoms. The standard InChI is InChI=1S/C20H17F2N3O2/c21-14-8-12(9-15(22)11-14)10-18(23)19-17(2-1-7-24-19)13-3-5-16(6-4-13)25-20(26)27/h1-9,11,18,25H,10,23H2,(H,26,27). The minimum atomic E-state index is -1.14.